The van der Waals surface area contributed by atoms with Gasteiger partial charge in [0.15, 0.2) is 0 Å². The number of amides is 1. The van der Waals surface area contributed by atoms with E-state index in [2.05, 4.69) is 5.32 Å². The average Bonchev–Trinajstić information content (AvgIpc) is 1.53. The Hall–Kier alpha value is -0.665. The Labute approximate surface area is 68.9 Å². The molecule has 0 aromatic carbocycles. The smallest absolute Gasteiger partial charge is 0.407 e. The van der Waals surface area contributed by atoms with E-state index in [4.69, 9.17) is 4.74 Å². The number of alkyl carbamates (subject to hydrolysis) is 1. The summed E-state index contributed by atoms with van der Waals surface area (Å²) in [6, 6.07) is 0. The highest BCUT2D eigenvalue weighted by Gasteiger charge is 2.15. The first-order chi connectivity index (χ1) is 4.81. The minimum atomic E-state index is -0.404. The fourth-order valence-electron chi connectivity index (χ4n) is 0.543. The van der Waals surface area contributed by atoms with E-state index in [9.17, 15) is 4.79 Å². The monoisotopic (exact) mass is 157 g/mol. The molecule has 4 heteroatoms. The van der Waals surface area contributed by atoms with Gasteiger partial charge in [-0.1, -0.05) is 6.92 Å². The summed E-state index contributed by atoms with van der Waals surface area (Å²) in [5.74, 6) is 0.129. The van der Waals surface area contributed by atoms with Crippen LogP contribution in [0.15, 0.2) is 0 Å². The lowest BCUT2D eigenvalue weighted by molar-refractivity contribution is 0.0524. The number of ether oxygens (including phenoxy) is 1. The van der Waals surface area contributed by atoms with Gasteiger partial charge in [-0.25, -0.2) is 4.79 Å². The molecule has 3 nitrogen and oxygen atoms in total. The Morgan fingerprint density at radius 3 is 2.27 bits per heavy atom. The number of rotatable bonds is 1. The van der Waals surface area contributed by atoms with Crippen LogP contribution in [0.5, 0.6) is 0 Å². The van der Waals surface area contributed by atoms with E-state index >= 15 is 0 Å². The number of nitrogens with one attached hydrogen (secondary N) is 1. The first-order valence-electron chi connectivity index (χ1n) is 3.81. The van der Waals surface area contributed by atoms with Gasteiger partial charge in [0, 0.05) is 0 Å². The molecular weight excluding hydrogens is 141 g/mol. The van der Waals surface area contributed by atoms with Crippen LogP contribution in [0, 0.1) is 0 Å². The van der Waals surface area contributed by atoms with E-state index in [1.54, 1.807) is 0 Å². The summed E-state index contributed by atoms with van der Waals surface area (Å²) in [4.78, 5) is 10.9. The minimum Gasteiger partial charge on any atom is -0.444 e. The summed E-state index contributed by atoms with van der Waals surface area (Å²) in [7, 11) is 1.89. The number of hydrogen-bond donors (Lipinski definition) is 1. The zero-order valence-corrected chi connectivity index (χ0v) is 7.89. The zero-order valence-electron chi connectivity index (χ0n) is 7.89. The summed E-state index contributed by atoms with van der Waals surface area (Å²) >= 11 is 0. The van der Waals surface area contributed by atoms with Gasteiger partial charge in [0.05, 0.1) is 0 Å². The number of hydrogen-bond acceptors (Lipinski definition) is 2. The van der Waals surface area contributed by atoms with Gasteiger partial charge in [-0.05, 0) is 26.7 Å². The van der Waals surface area contributed by atoms with Crippen molar-refractivity contribution in [2.24, 2.45) is 0 Å². The van der Waals surface area contributed by atoms with Crippen molar-refractivity contribution >= 4 is 13.9 Å². The van der Waals surface area contributed by atoms with Crippen molar-refractivity contribution in [1.29, 1.82) is 0 Å². The molecule has 1 atom stereocenters. The Balaban J connectivity index is 3.71. The van der Waals surface area contributed by atoms with Gasteiger partial charge < -0.3 is 10.1 Å². The fraction of sp³-hybridized carbons (Fsp3) is 0.857. The highest BCUT2D eigenvalue weighted by Crippen LogP contribution is 2.06. The van der Waals surface area contributed by atoms with Gasteiger partial charge in [0.2, 0.25) is 0 Å². The van der Waals surface area contributed by atoms with E-state index in [0.717, 1.165) is 0 Å². The molecule has 0 saturated heterocycles. The van der Waals surface area contributed by atoms with E-state index in [-0.39, 0.29) is 12.0 Å². The molecular formula is C7H16BNO2. The molecule has 1 N–H and O–H groups in total. The molecule has 0 radical (unpaired) electrons. The Kier molecular flexibility index (Phi) is 3.43. The second-order valence-electron chi connectivity index (χ2n) is 3.80. The highest BCUT2D eigenvalue weighted by atomic mass is 16.6. The molecule has 0 rings (SSSR count). The maximum atomic E-state index is 10.9. The van der Waals surface area contributed by atoms with Crippen LogP contribution in [0.3, 0.4) is 0 Å². The first-order valence-corrected chi connectivity index (χ1v) is 3.81. The fourth-order valence-corrected chi connectivity index (χ4v) is 0.543. The zero-order chi connectivity index (χ0) is 9.07. The maximum absolute atomic E-state index is 10.9. The van der Waals surface area contributed by atoms with Crippen LogP contribution in [0.25, 0.3) is 0 Å². The van der Waals surface area contributed by atoms with Crippen molar-refractivity contribution in [3.8, 4) is 0 Å². The van der Waals surface area contributed by atoms with E-state index < -0.39 is 5.60 Å². The summed E-state index contributed by atoms with van der Waals surface area (Å²) in [5, 5.41) is 2.64. The SMILES string of the molecule is B[C@@H](C)NC(=O)OC(C)(C)C. The molecule has 0 bridgehead atoms. The van der Waals surface area contributed by atoms with Crippen LogP contribution >= 0.6 is 0 Å². The second-order valence-corrected chi connectivity index (χ2v) is 3.80. The van der Waals surface area contributed by atoms with E-state index in [1.165, 1.54) is 0 Å². The molecule has 0 fully saturated rings. The molecule has 11 heavy (non-hydrogen) atoms. The maximum Gasteiger partial charge on any atom is 0.407 e. The molecule has 0 aliphatic rings. The topological polar surface area (TPSA) is 38.3 Å². The van der Waals surface area contributed by atoms with Gasteiger partial charge >= 0.3 is 6.09 Å². The summed E-state index contributed by atoms with van der Waals surface area (Å²) in [5.41, 5.74) is -0.404. The van der Waals surface area contributed by atoms with Crippen LogP contribution in [0.4, 0.5) is 4.79 Å². The second kappa shape index (κ2) is 3.65. The molecule has 0 aromatic heterocycles. The van der Waals surface area contributed by atoms with Gasteiger partial charge in [0.1, 0.15) is 13.4 Å². The highest BCUT2D eigenvalue weighted by molar-refractivity contribution is 6.12. The predicted molar refractivity (Wildman–Crippen MR) is 47.4 cm³/mol. The van der Waals surface area contributed by atoms with Gasteiger partial charge in [-0.2, -0.15) is 0 Å². The average molecular weight is 157 g/mol. The first kappa shape index (κ1) is 10.3. The molecule has 0 aliphatic heterocycles. The quantitative estimate of drug-likeness (QED) is 0.562. The van der Waals surface area contributed by atoms with Crippen LogP contribution in [0.2, 0.25) is 0 Å². The van der Waals surface area contributed by atoms with E-state index in [1.807, 2.05) is 35.5 Å². The van der Waals surface area contributed by atoms with Crippen molar-refractivity contribution in [2.75, 3.05) is 0 Å². The third-order valence-corrected chi connectivity index (χ3v) is 0.805. The van der Waals surface area contributed by atoms with Gasteiger partial charge in [-0.15, -0.1) is 0 Å². The predicted octanol–water partition coefficient (Wildman–Crippen LogP) is 0.490. The van der Waals surface area contributed by atoms with Crippen molar-refractivity contribution in [3.05, 3.63) is 0 Å². The third-order valence-electron chi connectivity index (χ3n) is 0.805. The Morgan fingerprint density at radius 2 is 2.00 bits per heavy atom. The summed E-state index contributed by atoms with van der Waals surface area (Å²) in [6.07, 6.45) is -0.354. The Morgan fingerprint density at radius 1 is 1.55 bits per heavy atom. The molecule has 0 unspecified atom stereocenters. The van der Waals surface area contributed by atoms with E-state index in [0.29, 0.717) is 0 Å². The Bertz CT molecular complexity index is 140. The van der Waals surface area contributed by atoms with Gasteiger partial charge in [-0.3, -0.25) is 0 Å². The van der Waals surface area contributed by atoms with Crippen molar-refractivity contribution in [2.45, 2.75) is 39.2 Å². The van der Waals surface area contributed by atoms with Gasteiger partial charge in [0.25, 0.3) is 0 Å². The molecule has 0 spiro atoms. The molecule has 0 saturated carbocycles. The number of carbonyl (C=O) groups is 1. The molecule has 0 aromatic rings. The lowest BCUT2D eigenvalue weighted by atomic mass is 10.00. The molecule has 0 heterocycles. The van der Waals surface area contributed by atoms with Crippen LogP contribution in [-0.4, -0.2) is 25.5 Å². The van der Waals surface area contributed by atoms with Crippen molar-refractivity contribution in [3.63, 3.8) is 0 Å². The van der Waals surface area contributed by atoms with Crippen molar-refractivity contribution < 1.29 is 9.53 Å². The minimum absolute atomic E-state index is 0.129. The standard InChI is InChI=1S/C7H16BNO2/c1-5(8)9-6(10)11-7(2,3)4/h5H,8H2,1-4H3,(H,9,10)/t5-/m1/s1. The molecule has 64 valence electrons. The summed E-state index contributed by atoms with van der Waals surface area (Å²) in [6.45, 7) is 7.41. The van der Waals surface area contributed by atoms with Crippen LogP contribution in [-0.2, 0) is 4.74 Å². The third kappa shape index (κ3) is 7.23. The lowest BCUT2D eigenvalue weighted by Crippen LogP contribution is -2.37. The van der Waals surface area contributed by atoms with Crippen LogP contribution < -0.4 is 5.32 Å². The number of carbonyl (C=O) groups excluding carboxylic acids is 1. The molecule has 1 amide bonds. The lowest BCUT2D eigenvalue weighted by Gasteiger charge is -2.20. The molecule has 0 aliphatic carbocycles. The van der Waals surface area contributed by atoms with Crippen molar-refractivity contribution in [1.82, 2.24) is 5.32 Å². The largest absolute Gasteiger partial charge is 0.444 e. The normalized spacial score (nSPS) is 13.8. The van der Waals surface area contributed by atoms with Crippen LogP contribution in [0.1, 0.15) is 27.7 Å². The summed E-state index contributed by atoms with van der Waals surface area (Å²) < 4.78 is 5.00.